The molecule has 2 atom stereocenters. The van der Waals surface area contributed by atoms with Gasteiger partial charge in [0.25, 0.3) is 0 Å². The number of carboxylic acid groups (broad SMARTS) is 1. The van der Waals surface area contributed by atoms with Crippen LogP contribution in [0.1, 0.15) is 18.4 Å². The number of benzene rings is 1. The molecular formula is C12H11F4NO2. The summed E-state index contributed by atoms with van der Waals surface area (Å²) >= 11 is 0. The van der Waals surface area contributed by atoms with Gasteiger partial charge in [0.15, 0.2) is 0 Å². The van der Waals surface area contributed by atoms with Gasteiger partial charge in [0.2, 0.25) is 0 Å². The molecule has 1 aliphatic rings. The quantitative estimate of drug-likeness (QED) is 0.834. The Morgan fingerprint density at radius 1 is 1.32 bits per heavy atom. The minimum absolute atomic E-state index is 0.0738. The average Bonchev–Trinajstić information content (AvgIpc) is 2.23. The molecule has 0 amide bonds. The van der Waals surface area contributed by atoms with Crippen LogP contribution in [0.15, 0.2) is 18.2 Å². The van der Waals surface area contributed by atoms with Crippen molar-refractivity contribution in [2.75, 3.05) is 5.32 Å². The van der Waals surface area contributed by atoms with Crippen LogP contribution in [0, 0.1) is 11.7 Å². The fourth-order valence-corrected chi connectivity index (χ4v) is 2.01. The molecule has 1 aliphatic carbocycles. The van der Waals surface area contributed by atoms with Gasteiger partial charge in [-0.15, -0.1) is 0 Å². The first-order valence-electron chi connectivity index (χ1n) is 5.65. The summed E-state index contributed by atoms with van der Waals surface area (Å²) in [6.45, 7) is 0. The highest BCUT2D eigenvalue weighted by Gasteiger charge is 2.38. The molecule has 2 unspecified atom stereocenters. The average molecular weight is 277 g/mol. The zero-order valence-corrected chi connectivity index (χ0v) is 9.67. The molecule has 0 saturated heterocycles. The Balaban J connectivity index is 2.16. The van der Waals surface area contributed by atoms with Crippen LogP contribution in [0.2, 0.25) is 0 Å². The lowest BCUT2D eigenvalue weighted by Crippen LogP contribution is -2.43. The van der Waals surface area contributed by atoms with E-state index in [1.165, 1.54) is 6.07 Å². The van der Waals surface area contributed by atoms with Crippen molar-refractivity contribution >= 4 is 11.7 Å². The third kappa shape index (κ3) is 2.80. The molecule has 0 heterocycles. The van der Waals surface area contributed by atoms with Gasteiger partial charge in [0.1, 0.15) is 5.82 Å². The highest BCUT2D eigenvalue weighted by molar-refractivity contribution is 5.73. The van der Waals surface area contributed by atoms with Gasteiger partial charge in [-0.2, -0.15) is 13.2 Å². The molecule has 0 spiro atoms. The lowest BCUT2D eigenvalue weighted by molar-refractivity contribution is -0.145. The van der Waals surface area contributed by atoms with Crippen molar-refractivity contribution in [3.05, 3.63) is 29.6 Å². The molecule has 0 aromatic heterocycles. The molecule has 1 aromatic carbocycles. The van der Waals surface area contributed by atoms with Crippen molar-refractivity contribution in [3.8, 4) is 0 Å². The van der Waals surface area contributed by atoms with E-state index in [-0.39, 0.29) is 5.69 Å². The first kappa shape index (κ1) is 13.6. The number of alkyl halides is 3. The van der Waals surface area contributed by atoms with E-state index >= 15 is 0 Å². The Morgan fingerprint density at radius 3 is 2.47 bits per heavy atom. The summed E-state index contributed by atoms with van der Waals surface area (Å²) in [6.07, 6.45) is -3.72. The predicted molar refractivity (Wildman–Crippen MR) is 59.2 cm³/mol. The van der Waals surface area contributed by atoms with Gasteiger partial charge in [0.05, 0.1) is 11.5 Å². The van der Waals surface area contributed by atoms with Crippen molar-refractivity contribution in [1.29, 1.82) is 0 Å². The minimum Gasteiger partial charge on any atom is -0.481 e. The van der Waals surface area contributed by atoms with Gasteiger partial charge in [-0.25, -0.2) is 4.39 Å². The van der Waals surface area contributed by atoms with Crippen LogP contribution in [-0.2, 0) is 11.0 Å². The number of hydrogen-bond donors (Lipinski definition) is 2. The number of rotatable bonds is 3. The maximum Gasteiger partial charge on any atom is 0.419 e. The normalized spacial score (nSPS) is 22.7. The zero-order chi connectivity index (χ0) is 14.2. The molecule has 2 rings (SSSR count). The van der Waals surface area contributed by atoms with Crippen molar-refractivity contribution < 1.29 is 27.5 Å². The smallest absolute Gasteiger partial charge is 0.419 e. The lowest BCUT2D eigenvalue weighted by Gasteiger charge is -2.34. The second-order valence-corrected chi connectivity index (χ2v) is 4.47. The summed E-state index contributed by atoms with van der Waals surface area (Å²) in [5.41, 5.74) is -1.28. The number of carboxylic acids is 1. The molecule has 2 N–H and O–H groups in total. The Hall–Kier alpha value is -1.79. The second-order valence-electron chi connectivity index (χ2n) is 4.47. The van der Waals surface area contributed by atoms with Crippen LogP contribution in [0.3, 0.4) is 0 Å². The molecule has 19 heavy (non-hydrogen) atoms. The first-order chi connectivity index (χ1) is 8.79. The van der Waals surface area contributed by atoms with Gasteiger partial charge in [0, 0.05) is 11.7 Å². The van der Waals surface area contributed by atoms with Gasteiger partial charge >= 0.3 is 12.1 Å². The largest absolute Gasteiger partial charge is 0.481 e. The summed E-state index contributed by atoms with van der Waals surface area (Å²) < 4.78 is 50.6. The minimum atomic E-state index is -4.77. The maximum absolute atomic E-state index is 13.1. The monoisotopic (exact) mass is 277 g/mol. The number of halogens is 4. The van der Waals surface area contributed by atoms with E-state index < -0.39 is 35.5 Å². The third-order valence-electron chi connectivity index (χ3n) is 3.22. The van der Waals surface area contributed by atoms with E-state index in [2.05, 4.69) is 5.32 Å². The van der Waals surface area contributed by atoms with Crippen LogP contribution in [-0.4, -0.2) is 17.1 Å². The van der Waals surface area contributed by atoms with Gasteiger partial charge in [-0.1, -0.05) is 0 Å². The van der Waals surface area contributed by atoms with Gasteiger partial charge in [-0.05, 0) is 31.0 Å². The molecule has 0 aliphatic heterocycles. The van der Waals surface area contributed by atoms with Gasteiger partial charge < -0.3 is 10.4 Å². The Bertz CT molecular complexity index is 501. The zero-order valence-electron chi connectivity index (χ0n) is 9.67. The summed E-state index contributed by atoms with van der Waals surface area (Å²) in [6, 6.07) is 2.14. The van der Waals surface area contributed by atoms with E-state index in [1.807, 2.05) is 0 Å². The standard InChI is InChI=1S/C12H11F4NO2/c13-9-3-1-6(5-8(9)12(14,15)16)17-10-4-2-7(10)11(18)19/h1,3,5,7,10,17H,2,4H2,(H,18,19). The SMILES string of the molecule is O=C(O)C1CCC1Nc1ccc(F)c(C(F)(F)F)c1. The Labute approximate surface area is 106 Å². The van der Waals surface area contributed by atoms with Crippen LogP contribution in [0.25, 0.3) is 0 Å². The molecule has 1 fully saturated rings. The maximum atomic E-state index is 13.1. The molecule has 1 aromatic rings. The molecule has 3 nitrogen and oxygen atoms in total. The van der Waals surface area contributed by atoms with Crippen LogP contribution in [0.4, 0.5) is 23.2 Å². The number of aliphatic carboxylic acids is 1. The van der Waals surface area contributed by atoms with E-state index in [1.54, 1.807) is 0 Å². The van der Waals surface area contributed by atoms with E-state index in [0.717, 1.165) is 6.07 Å². The van der Waals surface area contributed by atoms with E-state index in [9.17, 15) is 22.4 Å². The van der Waals surface area contributed by atoms with E-state index in [0.29, 0.717) is 18.9 Å². The third-order valence-corrected chi connectivity index (χ3v) is 3.22. The van der Waals surface area contributed by atoms with Gasteiger partial charge in [-0.3, -0.25) is 4.79 Å². The number of carbonyl (C=O) groups is 1. The summed E-state index contributed by atoms with van der Waals surface area (Å²) in [5.74, 6) is -2.94. The fourth-order valence-electron chi connectivity index (χ4n) is 2.01. The summed E-state index contributed by atoms with van der Waals surface area (Å²) in [7, 11) is 0. The summed E-state index contributed by atoms with van der Waals surface area (Å²) in [4.78, 5) is 10.8. The molecule has 1 saturated carbocycles. The molecule has 104 valence electrons. The Kier molecular flexibility index (Phi) is 3.38. The first-order valence-corrected chi connectivity index (χ1v) is 5.65. The topological polar surface area (TPSA) is 49.3 Å². The molecular weight excluding hydrogens is 266 g/mol. The number of anilines is 1. The lowest BCUT2D eigenvalue weighted by atomic mass is 9.79. The predicted octanol–water partition coefficient (Wildman–Crippen LogP) is 3.12. The van der Waals surface area contributed by atoms with Crippen LogP contribution >= 0.6 is 0 Å². The van der Waals surface area contributed by atoms with Crippen molar-refractivity contribution in [3.63, 3.8) is 0 Å². The Morgan fingerprint density at radius 2 is 2.00 bits per heavy atom. The molecule has 0 radical (unpaired) electrons. The highest BCUT2D eigenvalue weighted by Crippen LogP contribution is 2.35. The van der Waals surface area contributed by atoms with Crippen LogP contribution < -0.4 is 5.32 Å². The molecule has 0 bridgehead atoms. The number of hydrogen-bond acceptors (Lipinski definition) is 2. The van der Waals surface area contributed by atoms with Crippen LogP contribution in [0.5, 0.6) is 0 Å². The second kappa shape index (κ2) is 4.71. The van der Waals surface area contributed by atoms with Crippen molar-refractivity contribution in [2.45, 2.75) is 25.1 Å². The summed E-state index contributed by atoms with van der Waals surface area (Å²) in [5, 5.41) is 11.5. The number of nitrogens with one attached hydrogen (secondary N) is 1. The van der Waals surface area contributed by atoms with E-state index in [4.69, 9.17) is 5.11 Å². The van der Waals surface area contributed by atoms with Crippen molar-refractivity contribution in [1.82, 2.24) is 0 Å². The molecule has 7 heteroatoms. The highest BCUT2D eigenvalue weighted by atomic mass is 19.4. The fraction of sp³-hybridized carbons (Fsp3) is 0.417. The van der Waals surface area contributed by atoms with Crippen molar-refractivity contribution in [2.24, 2.45) is 5.92 Å².